The van der Waals surface area contributed by atoms with Crippen molar-refractivity contribution in [1.29, 1.82) is 0 Å². The highest BCUT2D eigenvalue weighted by molar-refractivity contribution is 6.30. The van der Waals surface area contributed by atoms with Gasteiger partial charge in [-0.1, -0.05) is 44.4 Å². The van der Waals surface area contributed by atoms with E-state index in [1.807, 2.05) is 13.8 Å². The van der Waals surface area contributed by atoms with Crippen molar-refractivity contribution in [3.8, 4) is 0 Å². The molecule has 0 aromatic heterocycles. The predicted molar refractivity (Wildman–Crippen MR) is 71.2 cm³/mol. The van der Waals surface area contributed by atoms with E-state index in [0.717, 1.165) is 12.8 Å². The summed E-state index contributed by atoms with van der Waals surface area (Å²) in [4.78, 5) is 0. The third-order valence-electron chi connectivity index (χ3n) is 3.35. The molecular weight excluding hydrogens is 255 g/mol. The van der Waals surface area contributed by atoms with Gasteiger partial charge in [0.25, 0.3) is 0 Å². The maximum absolute atomic E-state index is 13.2. The van der Waals surface area contributed by atoms with Gasteiger partial charge in [0.15, 0.2) is 0 Å². The van der Waals surface area contributed by atoms with Crippen LogP contribution in [0.25, 0.3) is 0 Å². The van der Waals surface area contributed by atoms with E-state index in [4.69, 9.17) is 11.6 Å². The predicted octanol–water partition coefficient (Wildman–Crippen LogP) is 3.18. The van der Waals surface area contributed by atoms with Crippen molar-refractivity contribution in [3.63, 3.8) is 0 Å². The summed E-state index contributed by atoms with van der Waals surface area (Å²) in [6.45, 7) is 3.96. The molecule has 0 heterocycles. The SMILES string of the molecule is CCC(CC)C(O)C(O)Cc1ccc(Cl)c(F)c1. The molecule has 0 aliphatic rings. The van der Waals surface area contributed by atoms with Gasteiger partial charge in [0.1, 0.15) is 5.82 Å². The number of hydrogen-bond donors (Lipinski definition) is 2. The molecular formula is C14H20ClFO2. The van der Waals surface area contributed by atoms with Crippen LogP contribution in [-0.4, -0.2) is 22.4 Å². The first-order chi connectivity index (χ1) is 8.49. The largest absolute Gasteiger partial charge is 0.390 e. The van der Waals surface area contributed by atoms with Crippen molar-refractivity contribution >= 4 is 11.6 Å². The lowest BCUT2D eigenvalue weighted by molar-refractivity contribution is -0.0188. The molecule has 1 aromatic carbocycles. The summed E-state index contributed by atoms with van der Waals surface area (Å²) in [5, 5.41) is 20.0. The maximum atomic E-state index is 13.2. The van der Waals surface area contributed by atoms with E-state index in [0.29, 0.717) is 5.56 Å². The summed E-state index contributed by atoms with van der Waals surface area (Å²) in [7, 11) is 0. The monoisotopic (exact) mass is 274 g/mol. The highest BCUT2D eigenvalue weighted by atomic mass is 35.5. The second kappa shape index (κ2) is 7.07. The topological polar surface area (TPSA) is 40.5 Å². The van der Waals surface area contributed by atoms with E-state index in [9.17, 15) is 14.6 Å². The lowest BCUT2D eigenvalue weighted by Gasteiger charge is -2.25. The second-order valence-corrected chi connectivity index (χ2v) is 4.99. The Labute approximate surface area is 112 Å². The van der Waals surface area contributed by atoms with Crippen molar-refractivity contribution in [1.82, 2.24) is 0 Å². The van der Waals surface area contributed by atoms with Gasteiger partial charge in [0.2, 0.25) is 0 Å². The molecule has 0 fully saturated rings. The van der Waals surface area contributed by atoms with Gasteiger partial charge in [-0.05, 0) is 23.6 Å². The Balaban J connectivity index is 2.68. The number of benzene rings is 1. The van der Waals surface area contributed by atoms with Crippen LogP contribution in [0.4, 0.5) is 4.39 Å². The Hall–Kier alpha value is -0.640. The zero-order chi connectivity index (χ0) is 13.7. The molecule has 102 valence electrons. The molecule has 2 nitrogen and oxygen atoms in total. The molecule has 4 heteroatoms. The van der Waals surface area contributed by atoms with E-state index in [1.54, 1.807) is 6.07 Å². The summed E-state index contributed by atoms with van der Waals surface area (Å²) in [6, 6.07) is 4.42. The molecule has 2 unspecified atom stereocenters. The fourth-order valence-corrected chi connectivity index (χ4v) is 2.23. The summed E-state index contributed by atoms with van der Waals surface area (Å²) >= 11 is 5.59. The highest BCUT2D eigenvalue weighted by Crippen LogP contribution is 2.20. The van der Waals surface area contributed by atoms with Crippen LogP contribution in [0.2, 0.25) is 5.02 Å². The Morgan fingerprint density at radius 2 is 1.83 bits per heavy atom. The molecule has 0 aliphatic heterocycles. The fourth-order valence-electron chi connectivity index (χ4n) is 2.11. The number of rotatable bonds is 6. The zero-order valence-electron chi connectivity index (χ0n) is 10.7. The van der Waals surface area contributed by atoms with Gasteiger partial charge in [-0.25, -0.2) is 4.39 Å². The minimum atomic E-state index is -0.879. The van der Waals surface area contributed by atoms with Crippen LogP contribution in [0.15, 0.2) is 18.2 Å². The average molecular weight is 275 g/mol. The van der Waals surface area contributed by atoms with E-state index in [1.165, 1.54) is 12.1 Å². The molecule has 0 bridgehead atoms. The molecule has 0 radical (unpaired) electrons. The lowest BCUT2D eigenvalue weighted by atomic mass is 9.90. The van der Waals surface area contributed by atoms with Gasteiger partial charge in [-0.15, -0.1) is 0 Å². The average Bonchev–Trinajstić information content (AvgIpc) is 2.35. The third-order valence-corrected chi connectivity index (χ3v) is 3.66. The minimum absolute atomic E-state index is 0.0637. The number of hydrogen-bond acceptors (Lipinski definition) is 2. The molecule has 0 saturated carbocycles. The minimum Gasteiger partial charge on any atom is -0.390 e. The molecule has 2 N–H and O–H groups in total. The van der Waals surface area contributed by atoms with E-state index in [2.05, 4.69) is 0 Å². The van der Waals surface area contributed by atoms with Gasteiger partial charge >= 0.3 is 0 Å². The second-order valence-electron chi connectivity index (χ2n) is 4.59. The zero-order valence-corrected chi connectivity index (χ0v) is 11.5. The lowest BCUT2D eigenvalue weighted by Crippen LogP contribution is -2.34. The molecule has 0 amide bonds. The number of halogens is 2. The Morgan fingerprint density at radius 3 is 2.33 bits per heavy atom. The first kappa shape index (κ1) is 15.4. The van der Waals surface area contributed by atoms with Crippen molar-refractivity contribution in [2.24, 2.45) is 5.92 Å². The van der Waals surface area contributed by atoms with Gasteiger partial charge < -0.3 is 10.2 Å². The number of aliphatic hydroxyl groups is 2. The maximum Gasteiger partial charge on any atom is 0.142 e. The molecule has 1 rings (SSSR count). The van der Waals surface area contributed by atoms with Crippen LogP contribution < -0.4 is 0 Å². The van der Waals surface area contributed by atoms with Crippen molar-refractivity contribution in [2.45, 2.75) is 45.3 Å². The van der Waals surface area contributed by atoms with Crippen LogP contribution in [-0.2, 0) is 6.42 Å². The van der Waals surface area contributed by atoms with Crippen molar-refractivity contribution in [2.75, 3.05) is 0 Å². The van der Waals surface area contributed by atoms with Crippen molar-refractivity contribution in [3.05, 3.63) is 34.6 Å². The summed E-state index contributed by atoms with van der Waals surface area (Å²) in [5.74, 6) is -0.435. The summed E-state index contributed by atoms with van der Waals surface area (Å²) in [6.07, 6.45) is 0.188. The summed E-state index contributed by atoms with van der Waals surface area (Å²) in [5.41, 5.74) is 0.634. The first-order valence-corrected chi connectivity index (χ1v) is 6.67. The number of aliphatic hydroxyl groups excluding tert-OH is 2. The molecule has 1 aromatic rings. The standard InChI is InChI=1S/C14H20ClFO2/c1-3-10(4-2)14(18)13(17)8-9-5-6-11(15)12(16)7-9/h5-7,10,13-14,17-18H,3-4,8H2,1-2H3. The van der Waals surface area contributed by atoms with E-state index in [-0.39, 0.29) is 17.4 Å². The molecule has 0 aliphatic carbocycles. The fraction of sp³-hybridized carbons (Fsp3) is 0.571. The quantitative estimate of drug-likeness (QED) is 0.836. The molecule has 2 atom stereocenters. The normalized spacial score (nSPS) is 14.8. The summed E-state index contributed by atoms with van der Waals surface area (Å²) < 4.78 is 13.2. The van der Waals surface area contributed by atoms with Crippen LogP contribution in [0.5, 0.6) is 0 Å². The van der Waals surface area contributed by atoms with Crippen LogP contribution in [0.3, 0.4) is 0 Å². The van der Waals surface area contributed by atoms with Gasteiger partial charge in [0.05, 0.1) is 17.2 Å². The van der Waals surface area contributed by atoms with E-state index >= 15 is 0 Å². The molecule has 18 heavy (non-hydrogen) atoms. The molecule has 0 saturated heterocycles. The Kier molecular flexibility index (Phi) is 6.06. The molecule has 0 spiro atoms. The van der Waals surface area contributed by atoms with E-state index < -0.39 is 18.0 Å². The Morgan fingerprint density at radius 1 is 1.22 bits per heavy atom. The van der Waals surface area contributed by atoms with Gasteiger partial charge in [0, 0.05) is 6.42 Å². The Bertz CT molecular complexity index is 380. The van der Waals surface area contributed by atoms with Gasteiger partial charge in [-0.2, -0.15) is 0 Å². The highest BCUT2D eigenvalue weighted by Gasteiger charge is 2.24. The third kappa shape index (κ3) is 3.94. The van der Waals surface area contributed by atoms with Crippen LogP contribution in [0.1, 0.15) is 32.3 Å². The van der Waals surface area contributed by atoms with Crippen LogP contribution >= 0.6 is 11.6 Å². The van der Waals surface area contributed by atoms with Crippen LogP contribution in [0, 0.1) is 11.7 Å². The smallest absolute Gasteiger partial charge is 0.142 e. The first-order valence-electron chi connectivity index (χ1n) is 6.29. The van der Waals surface area contributed by atoms with Crippen molar-refractivity contribution < 1.29 is 14.6 Å². The van der Waals surface area contributed by atoms with Gasteiger partial charge in [-0.3, -0.25) is 0 Å².